The molecule has 0 saturated carbocycles. The fourth-order valence-electron chi connectivity index (χ4n) is 4.05. The number of fused-ring (bicyclic) bond motifs is 2. The summed E-state index contributed by atoms with van der Waals surface area (Å²) in [6.45, 7) is 3.94. The first-order chi connectivity index (χ1) is 16.9. The van der Waals surface area contributed by atoms with Crippen LogP contribution < -0.4 is 4.72 Å². The molecule has 5 rings (SSSR count). The van der Waals surface area contributed by atoms with E-state index in [1.807, 2.05) is 43.7 Å². The van der Waals surface area contributed by atoms with E-state index in [2.05, 4.69) is 19.7 Å². The third-order valence-corrected chi connectivity index (χ3v) is 7.00. The van der Waals surface area contributed by atoms with Crippen molar-refractivity contribution < 1.29 is 13.6 Å². The lowest BCUT2D eigenvalue weighted by Crippen LogP contribution is -2.09. The number of hydrogen-bond acceptors (Lipinski definition) is 5. The molecule has 0 atom stereocenters. The summed E-state index contributed by atoms with van der Waals surface area (Å²) in [4.78, 5) is 25.3. The molecule has 5 aromatic rings. The predicted molar refractivity (Wildman–Crippen MR) is 137 cm³/mol. The molecule has 2 aromatic carbocycles. The fraction of sp³-hybridized carbons (Fsp3) is 0.192. The zero-order chi connectivity index (χ0) is 24.7. The van der Waals surface area contributed by atoms with E-state index in [4.69, 9.17) is 0 Å². The lowest BCUT2D eigenvalue weighted by molar-refractivity contribution is 0.103. The number of aromatic nitrogens is 4. The van der Waals surface area contributed by atoms with Crippen LogP contribution in [-0.2, 0) is 7.05 Å². The first-order valence-electron chi connectivity index (χ1n) is 11.2. The Morgan fingerprint density at radius 1 is 1.17 bits per heavy atom. The normalized spacial score (nSPS) is 11.5. The Morgan fingerprint density at radius 2 is 2.00 bits per heavy atom. The van der Waals surface area contributed by atoms with E-state index < -0.39 is 23.0 Å². The number of rotatable bonds is 7. The highest BCUT2D eigenvalue weighted by molar-refractivity contribution is 8.00. The number of hydrogen-bond donors (Lipinski definition) is 2. The molecule has 178 valence electrons. The molecule has 6 nitrogen and oxygen atoms in total. The highest BCUT2D eigenvalue weighted by Gasteiger charge is 2.24. The first kappa shape index (κ1) is 23.0. The molecule has 35 heavy (non-hydrogen) atoms. The van der Waals surface area contributed by atoms with Crippen LogP contribution in [-0.4, -0.2) is 31.1 Å². The summed E-state index contributed by atoms with van der Waals surface area (Å²) >= 11 is 1.30. The highest BCUT2D eigenvalue weighted by Crippen LogP contribution is 2.31. The second-order valence-electron chi connectivity index (χ2n) is 8.31. The summed E-state index contributed by atoms with van der Waals surface area (Å²) in [5.41, 5.74) is 3.59. The summed E-state index contributed by atoms with van der Waals surface area (Å²) in [5, 5.41) is 0.488. The Morgan fingerprint density at radius 3 is 2.80 bits per heavy atom. The van der Waals surface area contributed by atoms with Crippen LogP contribution in [0.3, 0.4) is 0 Å². The smallest absolute Gasteiger partial charge is 0.201 e. The Labute approximate surface area is 204 Å². The van der Waals surface area contributed by atoms with Crippen molar-refractivity contribution in [3.05, 3.63) is 77.4 Å². The topological polar surface area (TPSA) is 75.6 Å². The van der Waals surface area contributed by atoms with Crippen molar-refractivity contribution in [2.45, 2.75) is 20.3 Å². The molecule has 0 aliphatic rings. The molecular formula is C26H23F2N5OS. The van der Waals surface area contributed by atoms with Crippen molar-refractivity contribution in [3.8, 4) is 11.1 Å². The van der Waals surface area contributed by atoms with Gasteiger partial charge in [0.15, 0.2) is 5.82 Å². The van der Waals surface area contributed by atoms with Crippen LogP contribution in [0.2, 0.25) is 0 Å². The number of anilines is 1. The summed E-state index contributed by atoms with van der Waals surface area (Å²) in [7, 11) is 1.96. The molecule has 0 spiro atoms. The van der Waals surface area contributed by atoms with Gasteiger partial charge in [0.2, 0.25) is 5.78 Å². The fourth-order valence-corrected chi connectivity index (χ4v) is 4.67. The van der Waals surface area contributed by atoms with Crippen LogP contribution in [0.1, 0.15) is 35.1 Å². The van der Waals surface area contributed by atoms with Gasteiger partial charge in [-0.05, 0) is 49.2 Å². The number of imidazole rings is 1. The predicted octanol–water partition coefficient (Wildman–Crippen LogP) is 6.40. The molecule has 0 aliphatic carbocycles. The third-order valence-electron chi connectivity index (χ3n) is 6.02. The van der Waals surface area contributed by atoms with Crippen LogP contribution in [0, 0.1) is 18.6 Å². The molecule has 9 heteroatoms. The van der Waals surface area contributed by atoms with Crippen molar-refractivity contribution in [2.24, 2.45) is 7.05 Å². The second-order valence-corrected chi connectivity index (χ2v) is 9.21. The molecule has 0 aliphatic heterocycles. The van der Waals surface area contributed by atoms with E-state index >= 15 is 4.39 Å². The van der Waals surface area contributed by atoms with Gasteiger partial charge in [0.1, 0.15) is 17.3 Å². The summed E-state index contributed by atoms with van der Waals surface area (Å²) in [5.74, 6) is -0.912. The van der Waals surface area contributed by atoms with E-state index in [0.29, 0.717) is 11.0 Å². The number of aryl methyl sites for hydroxylation is 2. The molecule has 2 N–H and O–H groups in total. The van der Waals surface area contributed by atoms with Gasteiger partial charge in [-0.25, -0.2) is 18.7 Å². The van der Waals surface area contributed by atoms with E-state index in [9.17, 15) is 9.18 Å². The van der Waals surface area contributed by atoms with Crippen molar-refractivity contribution >= 4 is 45.5 Å². The summed E-state index contributed by atoms with van der Waals surface area (Å²) in [6, 6.07) is 10.1. The van der Waals surface area contributed by atoms with E-state index in [1.165, 1.54) is 24.2 Å². The number of halogens is 2. The second kappa shape index (κ2) is 9.14. The Kier molecular flexibility index (Phi) is 6.02. The maximum atomic E-state index is 15.2. The van der Waals surface area contributed by atoms with E-state index in [1.54, 1.807) is 12.3 Å². The SMILES string of the molecule is CCCSNc1ccc(F)c(C(=O)c2c[nH]c3ncc(-c4ccc5c(c4)nc(C)n5C)cc23)c1F. The Balaban J connectivity index is 1.56. The highest BCUT2D eigenvalue weighted by atomic mass is 32.2. The summed E-state index contributed by atoms with van der Waals surface area (Å²) < 4.78 is 34.7. The van der Waals surface area contributed by atoms with Crippen LogP contribution in [0.15, 0.2) is 48.8 Å². The van der Waals surface area contributed by atoms with Gasteiger partial charge in [-0.1, -0.05) is 24.9 Å². The largest absolute Gasteiger partial charge is 0.345 e. The quantitative estimate of drug-likeness (QED) is 0.156. The molecule has 0 amide bonds. The first-order valence-corrected chi connectivity index (χ1v) is 12.2. The molecule has 0 bridgehead atoms. The minimum atomic E-state index is -0.909. The third kappa shape index (κ3) is 4.05. The Bertz CT molecular complexity index is 1590. The van der Waals surface area contributed by atoms with Crippen molar-refractivity contribution in [3.63, 3.8) is 0 Å². The lowest BCUT2D eigenvalue weighted by atomic mass is 9.99. The van der Waals surface area contributed by atoms with Crippen LogP contribution >= 0.6 is 11.9 Å². The van der Waals surface area contributed by atoms with Crippen LogP contribution in [0.4, 0.5) is 14.5 Å². The molecule has 0 unspecified atom stereocenters. The monoisotopic (exact) mass is 491 g/mol. The van der Waals surface area contributed by atoms with E-state index in [-0.39, 0.29) is 11.3 Å². The maximum Gasteiger partial charge on any atom is 0.201 e. The van der Waals surface area contributed by atoms with Gasteiger partial charge >= 0.3 is 0 Å². The van der Waals surface area contributed by atoms with Gasteiger partial charge in [0.25, 0.3) is 0 Å². The number of carbonyl (C=O) groups is 1. The van der Waals surface area contributed by atoms with Crippen molar-refractivity contribution in [2.75, 3.05) is 10.5 Å². The minimum absolute atomic E-state index is 0.0748. The van der Waals surface area contributed by atoms with Crippen LogP contribution in [0.5, 0.6) is 0 Å². The molecule has 3 heterocycles. The average Bonchev–Trinajstić information content (AvgIpc) is 3.40. The van der Waals surface area contributed by atoms with Gasteiger partial charge < -0.3 is 14.3 Å². The maximum absolute atomic E-state index is 15.2. The molecule has 3 aromatic heterocycles. The molecular weight excluding hydrogens is 468 g/mol. The number of pyridine rings is 1. The number of nitrogens with zero attached hydrogens (tertiary/aromatic N) is 3. The number of nitrogens with one attached hydrogen (secondary N) is 2. The zero-order valence-corrected chi connectivity index (χ0v) is 20.3. The van der Waals surface area contributed by atoms with Gasteiger partial charge in [-0.2, -0.15) is 0 Å². The van der Waals surface area contributed by atoms with Gasteiger partial charge in [0.05, 0.1) is 22.3 Å². The van der Waals surface area contributed by atoms with Gasteiger partial charge in [-0.3, -0.25) is 4.79 Å². The van der Waals surface area contributed by atoms with Gasteiger partial charge in [-0.15, -0.1) is 0 Å². The number of ketones is 1. The number of aromatic amines is 1. The average molecular weight is 492 g/mol. The zero-order valence-electron chi connectivity index (χ0n) is 19.4. The molecule has 0 radical (unpaired) electrons. The molecule has 0 saturated heterocycles. The number of H-pyrrole nitrogens is 1. The van der Waals surface area contributed by atoms with Crippen LogP contribution in [0.25, 0.3) is 33.2 Å². The summed E-state index contributed by atoms with van der Waals surface area (Å²) in [6.07, 6.45) is 4.03. The molecule has 0 fully saturated rings. The van der Waals surface area contributed by atoms with Gasteiger partial charge in [0, 0.05) is 41.7 Å². The van der Waals surface area contributed by atoms with E-state index in [0.717, 1.165) is 46.2 Å². The standard InChI is InChI=1S/C26H23F2N5OS/c1-4-9-35-32-20-7-6-19(27)23(24(20)28)25(34)18-13-30-26-17(18)10-16(12-29-26)15-5-8-22-21(11-15)31-14(2)33(22)3/h5-8,10-13,32H,4,9H2,1-3H3,(H,29,30). The number of benzene rings is 2. The lowest BCUT2D eigenvalue weighted by Gasteiger charge is -2.10. The van der Waals surface area contributed by atoms with Crippen molar-refractivity contribution in [1.29, 1.82) is 0 Å². The Hall–Kier alpha value is -3.72. The number of carbonyl (C=O) groups excluding carboxylic acids is 1. The minimum Gasteiger partial charge on any atom is -0.345 e. The van der Waals surface area contributed by atoms with Crippen molar-refractivity contribution in [1.82, 2.24) is 19.5 Å².